The maximum Gasteiger partial charge on any atom is 0.253 e. The van der Waals surface area contributed by atoms with E-state index in [0.29, 0.717) is 33.5 Å². The van der Waals surface area contributed by atoms with Crippen molar-refractivity contribution in [2.45, 2.75) is 6.54 Å². The van der Waals surface area contributed by atoms with Crippen LogP contribution in [0.4, 0.5) is 5.69 Å². The second-order valence-corrected chi connectivity index (χ2v) is 5.38. The number of ether oxygens (including phenoxy) is 3. The van der Waals surface area contributed by atoms with E-state index in [2.05, 4.69) is 5.32 Å². The molecule has 0 saturated heterocycles. The van der Waals surface area contributed by atoms with Crippen molar-refractivity contribution < 1.29 is 19.0 Å². The van der Waals surface area contributed by atoms with Gasteiger partial charge in [-0.15, -0.1) is 0 Å². The van der Waals surface area contributed by atoms with E-state index in [0.717, 1.165) is 5.56 Å². The number of hydrogen-bond donors (Lipinski definition) is 2. The van der Waals surface area contributed by atoms with E-state index in [4.69, 9.17) is 31.5 Å². The molecule has 6 nitrogen and oxygen atoms in total. The number of methoxy groups -OCH3 is 3. The van der Waals surface area contributed by atoms with Crippen LogP contribution in [0.3, 0.4) is 0 Å². The summed E-state index contributed by atoms with van der Waals surface area (Å²) in [4.78, 5) is 12.3. The predicted octanol–water partition coefficient (Wildman–Crippen LogP) is 2.88. The van der Waals surface area contributed by atoms with Crippen LogP contribution < -0.4 is 25.3 Å². The zero-order valence-electron chi connectivity index (χ0n) is 13.7. The summed E-state index contributed by atoms with van der Waals surface area (Å²) in [5, 5.41) is 3.24. The topological polar surface area (TPSA) is 82.8 Å². The summed E-state index contributed by atoms with van der Waals surface area (Å²) in [7, 11) is 4.60. The molecule has 0 aliphatic heterocycles. The zero-order valence-corrected chi connectivity index (χ0v) is 14.4. The van der Waals surface area contributed by atoms with Crippen LogP contribution in [0.5, 0.6) is 17.2 Å². The first-order chi connectivity index (χ1) is 11.5. The number of carbonyl (C=O) groups excluding carboxylic acids is 1. The third-order valence-electron chi connectivity index (χ3n) is 3.44. The molecule has 2 rings (SSSR count). The lowest BCUT2D eigenvalue weighted by Crippen LogP contribution is -2.23. The van der Waals surface area contributed by atoms with Crippen molar-refractivity contribution in [2.24, 2.45) is 0 Å². The molecule has 0 unspecified atom stereocenters. The standard InChI is InChI=1S/C17H19ClN2O4/c1-22-14-6-10(7-15(23-2)16(14)24-3)9-20-17(21)12-8-11(18)4-5-13(12)19/h4-8H,9,19H2,1-3H3,(H,20,21). The zero-order chi connectivity index (χ0) is 17.7. The number of carbonyl (C=O) groups is 1. The average Bonchev–Trinajstić information content (AvgIpc) is 2.60. The molecule has 0 aliphatic rings. The average molecular weight is 351 g/mol. The molecule has 0 aliphatic carbocycles. The van der Waals surface area contributed by atoms with Crippen molar-refractivity contribution >= 4 is 23.2 Å². The molecule has 24 heavy (non-hydrogen) atoms. The number of hydrogen-bond acceptors (Lipinski definition) is 5. The maximum absolute atomic E-state index is 12.3. The number of amides is 1. The SMILES string of the molecule is COc1cc(CNC(=O)c2cc(Cl)ccc2N)cc(OC)c1OC. The minimum Gasteiger partial charge on any atom is -0.493 e. The van der Waals surface area contributed by atoms with Gasteiger partial charge < -0.3 is 25.3 Å². The van der Waals surface area contributed by atoms with Gasteiger partial charge in [-0.1, -0.05) is 11.6 Å². The molecule has 0 aromatic heterocycles. The molecule has 2 aromatic carbocycles. The number of benzene rings is 2. The third kappa shape index (κ3) is 3.83. The van der Waals surface area contributed by atoms with Crippen LogP contribution in [-0.4, -0.2) is 27.2 Å². The number of rotatable bonds is 6. The number of anilines is 1. The first-order valence-electron chi connectivity index (χ1n) is 7.12. The van der Waals surface area contributed by atoms with E-state index in [1.807, 2.05) is 0 Å². The Morgan fingerprint density at radius 3 is 2.25 bits per heavy atom. The summed E-state index contributed by atoms with van der Waals surface area (Å²) in [6, 6.07) is 8.29. The summed E-state index contributed by atoms with van der Waals surface area (Å²) >= 11 is 5.91. The molecule has 0 heterocycles. The molecule has 128 valence electrons. The fourth-order valence-corrected chi connectivity index (χ4v) is 2.41. The van der Waals surface area contributed by atoms with E-state index in [9.17, 15) is 4.79 Å². The van der Waals surface area contributed by atoms with E-state index in [-0.39, 0.29) is 12.5 Å². The molecule has 0 spiro atoms. The molecule has 0 atom stereocenters. The first kappa shape index (κ1) is 17.7. The summed E-state index contributed by atoms with van der Waals surface area (Å²) < 4.78 is 15.8. The van der Waals surface area contributed by atoms with Crippen molar-refractivity contribution in [1.82, 2.24) is 5.32 Å². The van der Waals surface area contributed by atoms with Gasteiger partial charge >= 0.3 is 0 Å². The molecule has 1 amide bonds. The lowest BCUT2D eigenvalue weighted by Gasteiger charge is -2.14. The van der Waals surface area contributed by atoms with Crippen LogP contribution in [0.15, 0.2) is 30.3 Å². The van der Waals surface area contributed by atoms with Crippen molar-refractivity contribution in [3.63, 3.8) is 0 Å². The first-order valence-corrected chi connectivity index (χ1v) is 7.50. The van der Waals surface area contributed by atoms with Gasteiger partial charge in [-0.3, -0.25) is 4.79 Å². The van der Waals surface area contributed by atoms with Crippen LogP contribution in [0.1, 0.15) is 15.9 Å². The van der Waals surface area contributed by atoms with Crippen molar-refractivity contribution in [1.29, 1.82) is 0 Å². The van der Waals surface area contributed by atoms with Gasteiger partial charge in [0.25, 0.3) is 5.91 Å². The second kappa shape index (κ2) is 7.79. The van der Waals surface area contributed by atoms with Gasteiger partial charge in [-0.2, -0.15) is 0 Å². The fourth-order valence-electron chi connectivity index (χ4n) is 2.24. The van der Waals surface area contributed by atoms with Crippen LogP contribution in [-0.2, 0) is 6.54 Å². The van der Waals surface area contributed by atoms with Crippen molar-refractivity contribution in [3.8, 4) is 17.2 Å². The second-order valence-electron chi connectivity index (χ2n) is 4.95. The number of nitrogens with one attached hydrogen (secondary N) is 1. The van der Waals surface area contributed by atoms with Crippen LogP contribution in [0, 0.1) is 0 Å². The number of nitrogen functional groups attached to an aromatic ring is 1. The van der Waals surface area contributed by atoms with Crippen molar-refractivity contribution in [3.05, 3.63) is 46.5 Å². The Kier molecular flexibility index (Phi) is 5.76. The van der Waals surface area contributed by atoms with Gasteiger partial charge in [0.05, 0.1) is 26.9 Å². The Balaban J connectivity index is 2.19. The molecule has 0 radical (unpaired) electrons. The maximum atomic E-state index is 12.3. The number of halogens is 1. The van der Waals surface area contributed by atoms with E-state index >= 15 is 0 Å². The molecule has 0 fully saturated rings. The monoisotopic (exact) mass is 350 g/mol. The van der Waals surface area contributed by atoms with Gasteiger partial charge in [0.2, 0.25) is 5.75 Å². The minimum atomic E-state index is -0.316. The highest BCUT2D eigenvalue weighted by Crippen LogP contribution is 2.38. The lowest BCUT2D eigenvalue weighted by molar-refractivity contribution is 0.0951. The van der Waals surface area contributed by atoms with E-state index in [1.165, 1.54) is 27.4 Å². The smallest absolute Gasteiger partial charge is 0.253 e. The Morgan fingerprint density at radius 1 is 1.08 bits per heavy atom. The Hall–Kier alpha value is -2.60. The Bertz CT molecular complexity index is 724. The summed E-state index contributed by atoms with van der Waals surface area (Å²) in [5.74, 6) is 1.21. The fraction of sp³-hybridized carbons (Fsp3) is 0.235. The largest absolute Gasteiger partial charge is 0.493 e. The molecule has 3 N–H and O–H groups in total. The van der Waals surface area contributed by atoms with Gasteiger partial charge in [-0.25, -0.2) is 0 Å². The third-order valence-corrected chi connectivity index (χ3v) is 3.67. The molecule has 2 aromatic rings. The highest BCUT2D eigenvalue weighted by atomic mass is 35.5. The molecule has 0 bridgehead atoms. The van der Waals surface area contributed by atoms with Gasteiger partial charge in [0, 0.05) is 17.3 Å². The number of nitrogens with two attached hydrogens (primary N) is 1. The summed E-state index contributed by atoms with van der Waals surface area (Å²) in [6.07, 6.45) is 0. The predicted molar refractivity (Wildman–Crippen MR) is 93.1 cm³/mol. The highest BCUT2D eigenvalue weighted by molar-refractivity contribution is 6.31. The van der Waals surface area contributed by atoms with Crippen LogP contribution >= 0.6 is 11.6 Å². The van der Waals surface area contributed by atoms with Gasteiger partial charge in [-0.05, 0) is 35.9 Å². The van der Waals surface area contributed by atoms with Crippen LogP contribution in [0.25, 0.3) is 0 Å². The summed E-state index contributed by atoms with van der Waals surface area (Å²) in [6.45, 7) is 0.265. The Labute approximate surface area is 145 Å². The van der Waals surface area contributed by atoms with E-state index < -0.39 is 0 Å². The molecule has 7 heteroatoms. The van der Waals surface area contributed by atoms with Gasteiger partial charge in [0.1, 0.15) is 0 Å². The highest BCUT2D eigenvalue weighted by Gasteiger charge is 2.15. The normalized spacial score (nSPS) is 10.2. The van der Waals surface area contributed by atoms with Gasteiger partial charge in [0.15, 0.2) is 11.5 Å². The molecular formula is C17H19ClN2O4. The molecule has 0 saturated carbocycles. The lowest BCUT2D eigenvalue weighted by atomic mass is 10.1. The molecular weight excluding hydrogens is 332 g/mol. The summed E-state index contributed by atoms with van der Waals surface area (Å²) in [5.41, 5.74) is 7.29. The quantitative estimate of drug-likeness (QED) is 0.783. The van der Waals surface area contributed by atoms with Crippen molar-refractivity contribution in [2.75, 3.05) is 27.1 Å². The van der Waals surface area contributed by atoms with Crippen LogP contribution in [0.2, 0.25) is 5.02 Å². The Morgan fingerprint density at radius 2 is 1.71 bits per heavy atom. The minimum absolute atomic E-state index is 0.265. The van der Waals surface area contributed by atoms with E-state index in [1.54, 1.807) is 24.3 Å².